The van der Waals surface area contributed by atoms with Crippen LogP contribution in [0.2, 0.25) is 0 Å². The van der Waals surface area contributed by atoms with Crippen LogP contribution in [0.15, 0.2) is 11.1 Å². The van der Waals surface area contributed by atoms with Gasteiger partial charge in [-0.3, -0.25) is 4.79 Å². The van der Waals surface area contributed by atoms with Gasteiger partial charge in [-0.05, 0) is 38.0 Å². The molecule has 17 heavy (non-hydrogen) atoms. The molecule has 0 bridgehead atoms. The molecule has 2 nitrogen and oxygen atoms in total. The number of ether oxygens (including phenoxy) is 1. The zero-order valence-corrected chi connectivity index (χ0v) is 11.0. The van der Waals surface area contributed by atoms with Crippen molar-refractivity contribution in [2.24, 2.45) is 23.7 Å². The Morgan fingerprint density at radius 3 is 2.82 bits per heavy atom. The van der Waals surface area contributed by atoms with E-state index in [1.807, 2.05) is 6.92 Å². The van der Waals surface area contributed by atoms with Crippen LogP contribution >= 0.6 is 0 Å². The van der Waals surface area contributed by atoms with Gasteiger partial charge in [-0.1, -0.05) is 25.0 Å². The van der Waals surface area contributed by atoms with Crippen LogP contribution in [0.5, 0.6) is 0 Å². The lowest BCUT2D eigenvalue weighted by molar-refractivity contribution is -0.143. The molecule has 0 aromatic carbocycles. The molecule has 1 heterocycles. The van der Waals surface area contributed by atoms with Crippen LogP contribution < -0.4 is 0 Å². The third-order valence-corrected chi connectivity index (χ3v) is 5.34. The summed E-state index contributed by atoms with van der Waals surface area (Å²) in [4.78, 5) is 11.7. The molecule has 5 atom stereocenters. The summed E-state index contributed by atoms with van der Waals surface area (Å²) >= 11 is 0. The SMILES string of the molecule is CC1=C2CC[C@H](C)[C@H]2C[C@H]2[C@@H](C1)OC(=O)[C@@H]2C. The lowest BCUT2D eigenvalue weighted by Crippen LogP contribution is -2.21. The zero-order chi connectivity index (χ0) is 12.2. The number of carbonyl (C=O) groups is 1. The van der Waals surface area contributed by atoms with Crippen LogP contribution in [0.4, 0.5) is 0 Å². The monoisotopic (exact) mass is 234 g/mol. The summed E-state index contributed by atoms with van der Waals surface area (Å²) in [6.45, 7) is 6.67. The van der Waals surface area contributed by atoms with Crippen molar-refractivity contribution >= 4 is 5.97 Å². The van der Waals surface area contributed by atoms with E-state index in [9.17, 15) is 4.79 Å². The molecule has 0 aromatic heterocycles. The van der Waals surface area contributed by atoms with E-state index < -0.39 is 0 Å². The fourth-order valence-electron chi connectivity index (χ4n) is 4.13. The molecule has 3 rings (SSSR count). The molecule has 2 heteroatoms. The highest BCUT2D eigenvalue weighted by atomic mass is 16.6. The number of allylic oxidation sites excluding steroid dienone is 1. The third kappa shape index (κ3) is 1.64. The van der Waals surface area contributed by atoms with E-state index in [0.717, 1.165) is 18.3 Å². The van der Waals surface area contributed by atoms with Crippen molar-refractivity contribution in [3.63, 3.8) is 0 Å². The zero-order valence-electron chi connectivity index (χ0n) is 11.0. The molecular weight excluding hydrogens is 212 g/mol. The van der Waals surface area contributed by atoms with Crippen molar-refractivity contribution in [3.05, 3.63) is 11.1 Å². The van der Waals surface area contributed by atoms with Crippen molar-refractivity contribution in [1.82, 2.24) is 0 Å². The molecule has 0 aromatic rings. The first-order valence-corrected chi connectivity index (χ1v) is 6.97. The number of esters is 1. The van der Waals surface area contributed by atoms with E-state index in [1.165, 1.54) is 24.8 Å². The number of carbonyl (C=O) groups excluding carboxylic acids is 1. The highest BCUT2D eigenvalue weighted by molar-refractivity contribution is 5.75. The predicted molar refractivity (Wildman–Crippen MR) is 66.4 cm³/mol. The summed E-state index contributed by atoms with van der Waals surface area (Å²) in [7, 11) is 0. The van der Waals surface area contributed by atoms with E-state index in [2.05, 4.69) is 13.8 Å². The highest BCUT2D eigenvalue weighted by Crippen LogP contribution is 2.49. The summed E-state index contributed by atoms with van der Waals surface area (Å²) in [6.07, 6.45) is 4.94. The van der Waals surface area contributed by atoms with Gasteiger partial charge in [0.2, 0.25) is 0 Å². The summed E-state index contributed by atoms with van der Waals surface area (Å²) in [6, 6.07) is 0. The van der Waals surface area contributed by atoms with E-state index in [0.29, 0.717) is 5.92 Å². The Morgan fingerprint density at radius 1 is 1.29 bits per heavy atom. The molecular formula is C15H22O2. The molecule has 1 saturated heterocycles. The smallest absolute Gasteiger partial charge is 0.309 e. The van der Waals surface area contributed by atoms with Gasteiger partial charge in [-0.15, -0.1) is 0 Å². The minimum absolute atomic E-state index is 0.0295. The van der Waals surface area contributed by atoms with Gasteiger partial charge in [0.15, 0.2) is 0 Å². The van der Waals surface area contributed by atoms with Gasteiger partial charge < -0.3 is 4.74 Å². The number of hydrogen-bond donors (Lipinski definition) is 0. The molecule has 0 radical (unpaired) electrons. The maximum atomic E-state index is 11.7. The molecule has 94 valence electrons. The van der Waals surface area contributed by atoms with Crippen LogP contribution in [0.25, 0.3) is 0 Å². The average Bonchev–Trinajstić information content (AvgIpc) is 2.71. The lowest BCUT2D eigenvalue weighted by Gasteiger charge is -2.22. The predicted octanol–water partition coefficient (Wildman–Crippen LogP) is 3.32. The van der Waals surface area contributed by atoms with Crippen LogP contribution in [-0.2, 0) is 9.53 Å². The van der Waals surface area contributed by atoms with E-state index in [1.54, 1.807) is 5.57 Å². The topological polar surface area (TPSA) is 26.3 Å². The van der Waals surface area contributed by atoms with E-state index in [-0.39, 0.29) is 18.0 Å². The largest absolute Gasteiger partial charge is 0.461 e. The Hall–Kier alpha value is -0.790. The molecule has 2 fully saturated rings. The van der Waals surface area contributed by atoms with Gasteiger partial charge in [0, 0.05) is 12.3 Å². The Bertz CT molecular complexity index is 382. The Balaban J connectivity index is 1.93. The fourth-order valence-corrected chi connectivity index (χ4v) is 4.13. The van der Waals surface area contributed by atoms with Gasteiger partial charge in [-0.2, -0.15) is 0 Å². The van der Waals surface area contributed by atoms with Crippen molar-refractivity contribution < 1.29 is 9.53 Å². The van der Waals surface area contributed by atoms with Crippen molar-refractivity contribution in [2.45, 2.75) is 52.6 Å². The van der Waals surface area contributed by atoms with Gasteiger partial charge in [0.05, 0.1) is 5.92 Å². The molecule has 3 aliphatic rings. The maximum absolute atomic E-state index is 11.7. The van der Waals surface area contributed by atoms with Crippen LogP contribution in [0.3, 0.4) is 0 Å². The molecule has 1 aliphatic heterocycles. The lowest BCUT2D eigenvalue weighted by atomic mass is 9.81. The van der Waals surface area contributed by atoms with Crippen molar-refractivity contribution in [3.8, 4) is 0 Å². The summed E-state index contributed by atoms with van der Waals surface area (Å²) < 4.78 is 5.56. The minimum atomic E-state index is 0.0295. The second kappa shape index (κ2) is 3.86. The summed E-state index contributed by atoms with van der Waals surface area (Å²) in [5.41, 5.74) is 3.20. The van der Waals surface area contributed by atoms with Crippen molar-refractivity contribution in [1.29, 1.82) is 0 Å². The first kappa shape index (κ1) is 11.3. The Labute approximate surface area is 103 Å². The normalized spacial score (nSPS) is 45.4. The van der Waals surface area contributed by atoms with Gasteiger partial charge in [0.1, 0.15) is 6.10 Å². The van der Waals surface area contributed by atoms with Crippen molar-refractivity contribution in [2.75, 3.05) is 0 Å². The Kier molecular flexibility index (Phi) is 2.57. The third-order valence-electron chi connectivity index (χ3n) is 5.34. The van der Waals surface area contributed by atoms with Crippen LogP contribution in [0.1, 0.15) is 46.5 Å². The second-order valence-electron chi connectivity index (χ2n) is 6.30. The molecule has 2 aliphatic carbocycles. The number of hydrogen-bond acceptors (Lipinski definition) is 2. The number of rotatable bonds is 0. The van der Waals surface area contributed by atoms with Gasteiger partial charge in [0.25, 0.3) is 0 Å². The minimum Gasteiger partial charge on any atom is -0.461 e. The highest BCUT2D eigenvalue weighted by Gasteiger charge is 2.46. The first-order chi connectivity index (χ1) is 8.08. The molecule has 0 unspecified atom stereocenters. The summed E-state index contributed by atoms with van der Waals surface area (Å²) in [5.74, 6) is 2.12. The van der Waals surface area contributed by atoms with Gasteiger partial charge >= 0.3 is 5.97 Å². The van der Waals surface area contributed by atoms with Crippen LogP contribution in [0, 0.1) is 23.7 Å². The molecule has 0 N–H and O–H groups in total. The van der Waals surface area contributed by atoms with Gasteiger partial charge in [-0.25, -0.2) is 0 Å². The Morgan fingerprint density at radius 2 is 2.06 bits per heavy atom. The summed E-state index contributed by atoms with van der Waals surface area (Å²) in [5, 5.41) is 0. The standard InChI is InChI=1S/C15H22O2/c1-8-4-5-11-9(2)6-14-13(7-12(8)11)10(3)15(16)17-14/h8,10,12-14H,4-7H2,1-3H3/t8-,10+,12+,13+,14+/m0/s1. The average molecular weight is 234 g/mol. The maximum Gasteiger partial charge on any atom is 0.309 e. The fraction of sp³-hybridized carbons (Fsp3) is 0.800. The number of fused-ring (bicyclic) bond motifs is 2. The quantitative estimate of drug-likeness (QED) is 0.475. The molecule has 0 spiro atoms. The second-order valence-corrected chi connectivity index (χ2v) is 6.30. The molecule has 0 amide bonds. The van der Waals surface area contributed by atoms with E-state index >= 15 is 0 Å². The van der Waals surface area contributed by atoms with Crippen LogP contribution in [-0.4, -0.2) is 12.1 Å². The molecule has 1 saturated carbocycles. The van der Waals surface area contributed by atoms with E-state index in [4.69, 9.17) is 4.74 Å². The first-order valence-electron chi connectivity index (χ1n) is 6.97.